The van der Waals surface area contributed by atoms with Crippen LogP contribution in [-0.4, -0.2) is 17.6 Å². The molecule has 4 heteroatoms. The second-order valence-corrected chi connectivity index (χ2v) is 5.08. The van der Waals surface area contributed by atoms with Gasteiger partial charge >= 0.3 is 0 Å². The highest BCUT2D eigenvalue weighted by Crippen LogP contribution is 2.21. The lowest BCUT2D eigenvalue weighted by Crippen LogP contribution is -2.20. The standard InChI is InChI=1S/C16H20ClNO2/c1-3-6-12(2)16(20)18-15-9-8-14(17)11-13(15)7-4-5-10-19/h8-9,11-12,19H,3,5-6,10H2,1-2H3,(H,18,20). The number of carbonyl (C=O) groups is 1. The Kier molecular flexibility index (Phi) is 7.14. The molecule has 1 rings (SSSR count). The highest BCUT2D eigenvalue weighted by Gasteiger charge is 2.13. The molecule has 0 saturated heterocycles. The van der Waals surface area contributed by atoms with Gasteiger partial charge in [-0.25, -0.2) is 0 Å². The Morgan fingerprint density at radius 3 is 2.90 bits per heavy atom. The molecule has 20 heavy (non-hydrogen) atoms. The fourth-order valence-corrected chi connectivity index (χ4v) is 1.93. The van der Waals surface area contributed by atoms with Gasteiger partial charge in [0.15, 0.2) is 0 Å². The molecule has 0 radical (unpaired) electrons. The summed E-state index contributed by atoms with van der Waals surface area (Å²) in [5.41, 5.74) is 1.33. The molecule has 108 valence electrons. The Morgan fingerprint density at radius 2 is 2.25 bits per heavy atom. The highest BCUT2D eigenvalue weighted by atomic mass is 35.5. The zero-order valence-corrected chi connectivity index (χ0v) is 12.6. The van der Waals surface area contributed by atoms with Crippen LogP contribution in [0.25, 0.3) is 0 Å². The number of carbonyl (C=O) groups excluding carboxylic acids is 1. The van der Waals surface area contributed by atoms with E-state index < -0.39 is 0 Å². The number of halogens is 1. The topological polar surface area (TPSA) is 49.3 Å². The molecule has 0 aromatic heterocycles. The van der Waals surface area contributed by atoms with Crippen molar-refractivity contribution in [3.8, 4) is 11.8 Å². The zero-order chi connectivity index (χ0) is 15.0. The van der Waals surface area contributed by atoms with Crippen molar-refractivity contribution < 1.29 is 9.90 Å². The molecule has 0 spiro atoms. The minimum atomic E-state index is -0.0334. The molecule has 0 saturated carbocycles. The average Bonchev–Trinajstić information content (AvgIpc) is 2.42. The quantitative estimate of drug-likeness (QED) is 0.817. The molecule has 0 aliphatic carbocycles. The van der Waals surface area contributed by atoms with Gasteiger partial charge in [0.25, 0.3) is 0 Å². The van der Waals surface area contributed by atoms with Crippen molar-refractivity contribution in [3.63, 3.8) is 0 Å². The van der Waals surface area contributed by atoms with E-state index in [1.165, 1.54) is 0 Å². The average molecular weight is 294 g/mol. The lowest BCUT2D eigenvalue weighted by atomic mass is 10.0. The smallest absolute Gasteiger partial charge is 0.227 e. The molecule has 3 nitrogen and oxygen atoms in total. The first-order valence-electron chi connectivity index (χ1n) is 6.78. The summed E-state index contributed by atoms with van der Waals surface area (Å²) in [5.74, 6) is 5.71. The van der Waals surface area contributed by atoms with E-state index in [0.717, 1.165) is 12.8 Å². The molecule has 0 bridgehead atoms. The van der Waals surface area contributed by atoms with Crippen LogP contribution in [0.2, 0.25) is 5.02 Å². The van der Waals surface area contributed by atoms with Crippen molar-refractivity contribution in [2.75, 3.05) is 11.9 Å². The lowest BCUT2D eigenvalue weighted by Gasteiger charge is -2.12. The Morgan fingerprint density at radius 1 is 1.50 bits per heavy atom. The fraction of sp³-hybridized carbons (Fsp3) is 0.438. The van der Waals surface area contributed by atoms with Gasteiger partial charge in [-0.05, 0) is 24.6 Å². The summed E-state index contributed by atoms with van der Waals surface area (Å²) in [6.07, 6.45) is 2.22. The third-order valence-electron chi connectivity index (χ3n) is 2.87. The zero-order valence-electron chi connectivity index (χ0n) is 11.9. The van der Waals surface area contributed by atoms with Gasteiger partial charge in [-0.2, -0.15) is 0 Å². The molecule has 2 N–H and O–H groups in total. The maximum atomic E-state index is 12.0. The monoisotopic (exact) mass is 293 g/mol. The first-order chi connectivity index (χ1) is 9.58. The summed E-state index contributed by atoms with van der Waals surface area (Å²) in [6.45, 7) is 3.98. The van der Waals surface area contributed by atoms with E-state index in [1.807, 2.05) is 6.92 Å². The Hall–Kier alpha value is -1.50. The molecule has 1 aromatic rings. The SMILES string of the molecule is CCCC(C)C(=O)Nc1ccc(Cl)cc1C#CCCO. The first kappa shape index (κ1) is 16.6. The van der Waals surface area contributed by atoms with E-state index in [-0.39, 0.29) is 18.4 Å². The van der Waals surface area contributed by atoms with Crippen molar-refractivity contribution in [1.82, 2.24) is 0 Å². The normalized spacial score (nSPS) is 11.4. The number of benzene rings is 1. The molecular weight excluding hydrogens is 274 g/mol. The van der Waals surface area contributed by atoms with Gasteiger partial charge in [0.05, 0.1) is 12.3 Å². The van der Waals surface area contributed by atoms with E-state index >= 15 is 0 Å². The van der Waals surface area contributed by atoms with Gasteiger partial charge in [-0.15, -0.1) is 0 Å². The maximum Gasteiger partial charge on any atom is 0.227 e. The summed E-state index contributed by atoms with van der Waals surface area (Å²) in [4.78, 5) is 12.0. The van der Waals surface area contributed by atoms with Gasteiger partial charge in [-0.1, -0.05) is 43.7 Å². The van der Waals surface area contributed by atoms with Gasteiger partial charge in [0.1, 0.15) is 0 Å². The molecule has 0 fully saturated rings. The molecule has 0 heterocycles. The van der Waals surface area contributed by atoms with Crippen LogP contribution in [0.15, 0.2) is 18.2 Å². The first-order valence-corrected chi connectivity index (χ1v) is 7.16. The van der Waals surface area contributed by atoms with Crippen molar-refractivity contribution >= 4 is 23.2 Å². The number of anilines is 1. The number of amides is 1. The van der Waals surface area contributed by atoms with E-state index in [2.05, 4.69) is 24.1 Å². The van der Waals surface area contributed by atoms with Crippen molar-refractivity contribution in [1.29, 1.82) is 0 Å². The van der Waals surface area contributed by atoms with Gasteiger partial charge in [-0.3, -0.25) is 4.79 Å². The maximum absolute atomic E-state index is 12.0. The van der Waals surface area contributed by atoms with Crippen LogP contribution in [0.4, 0.5) is 5.69 Å². The van der Waals surface area contributed by atoms with Crippen LogP contribution < -0.4 is 5.32 Å². The largest absolute Gasteiger partial charge is 0.395 e. The molecular formula is C16H20ClNO2. The van der Waals surface area contributed by atoms with E-state index in [4.69, 9.17) is 16.7 Å². The van der Waals surface area contributed by atoms with E-state index in [9.17, 15) is 4.79 Å². The Balaban J connectivity index is 2.89. The number of nitrogens with one attached hydrogen (secondary N) is 1. The summed E-state index contributed by atoms with van der Waals surface area (Å²) < 4.78 is 0. The second-order valence-electron chi connectivity index (χ2n) is 4.64. The summed E-state index contributed by atoms with van der Waals surface area (Å²) in [6, 6.07) is 5.19. The number of hydrogen-bond acceptors (Lipinski definition) is 2. The minimum absolute atomic E-state index is 0.0145. The van der Waals surface area contributed by atoms with E-state index in [0.29, 0.717) is 22.7 Å². The highest BCUT2D eigenvalue weighted by molar-refractivity contribution is 6.30. The number of hydrogen-bond donors (Lipinski definition) is 2. The van der Waals surface area contributed by atoms with Crippen molar-refractivity contribution in [2.45, 2.75) is 33.1 Å². The molecule has 1 aromatic carbocycles. The molecule has 1 amide bonds. The molecule has 0 aliphatic heterocycles. The van der Waals surface area contributed by atoms with Crippen LogP contribution in [0, 0.1) is 17.8 Å². The van der Waals surface area contributed by atoms with Gasteiger partial charge in [0, 0.05) is 22.9 Å². The van der Waals surface area contributed by atoms with Crippen LogP contribution in [0.1, 0.15) is 38.7 Å². The van der Waals surface area contributed by atoms with Crippen LogP contribution in [0.5, 0.6) is 0 Å². The third kappa shape index (κ3) is 5.24. The predicted molar refractivity (Wildman–Crippen MR) is 82.7 cm³/mol. The number of aliphatic hydroxyl groups excluding tert-OH is 1. The molecule has 1 unspecified atom stereocenters. The Bertz CT molecular complexity index is 517. The summed E-state index contributed by atoms with van der Waals surface area (Å²) in [7, 11) is 0. The van der Waals surface area contributed by atoms with Crippen LogP contribution >= 0.6 is 11.6 Å². The number of aliphatic hydroxyl groups is 1. The molecule has 1 atom stereocenters. The summed E-state index contributed by atoms with van der Waals surface area (Å²) in [5, 5.41) is 12.2. The van der Waals surface area contributed by atoms with Crippen molar-refractivity contribution in [3.05, 3.63) is 28.8 Å². The molecule has 0 aliphatic rings. The second kappa shape index (κ2) is 8.63. The van der Waals surface area contributed by atoms with Gasteiger partial charge < -0.3 is 10.4 Å². The lowest BCUT2D eigenvalue weighted by molar-refractivity contribution is -0.119. The van der Waals surface area contributed by atoms with Gasteiger partial charge in [0.2, 0.25) is 5.91 Å². The third-order valence-corrected chi connectivity index (χ3v) is 3.10. The summed E-state index contributed by atoms with van der Waals surface area (Å²) >= 11 is 5.95. The number of rotatable bonds is 5. The predicted octanol–water partition coefficient (Wildman–Crippen LogP) is 3.45. The van der Waals surface area contributed by atoms with Crippen LogP contribution in [0.3, 0.4) is 0 Å². The van der Waals surface area contributed by atoms with Crippen LogP contribution in [-0.2, 0) is 4.79 Å². The fourth-order valence-electron chi connectivity index (χ4n) is 1.76. The minimum Gasteiger partial charge on any atom is -0.395 e. The van der Waals surface area contributed by atoms with Crippen molar-refractivity contribution in [2.24, 2.45) is 5.92 Å². The Labute approximate surface area is 125 Å². The van der Waals surface area contributed by atoms with E-state index in [1.54, 1.807) is 18.2 Å².